The summed E-state index contributed by atoms with van der Waals surface area (Å²) in [4.78, 5) is 2.22. The Morgan fingerprint density at radius 3 is 2.53 bits per heavy atom. The SMILES string of the molecule is CCCNCC(C)(CCC)CN(C)CC(O)COC. The van der Waals surface area contributed by atoms with Crippen LogP contribution in [0.5, 0.6) is 0 Å². The number of nitrogens with one attached hydrogen (secondary N) is 1. The standard InChI is InChI=1S/C15H34N2O2/c1-6-8-15(3,12-16-9-7-2)13-17(4)10-14(18)11-19-5/h14,16,18H,6-13H2,1-5H3. The molecule has 0 aromatic rings. The van der Waals surface area contributed by atoms with Crippen LogP contribution in [0, 0.1) is 5.41 Å². The maximum atomic E-state index is 9.78. The summed E-state index contributed by atoms with van der Waals surface area (Å²) in [6, 6.07) is 0. The molecule has 0 aromatic heterocycles. The Labute approximate surface area is 119 Å². The van der Waals surface area contributed by atoms with Crippen molar-refractivity contribution in [3.8, 4) is 0 Å². The molecule has 0 aliphatic rings. The Balaban J connectivity index is 4.21. The van der Waals surface area contributed by atoms with Crippen LogP contribution in [-0.2, 0) is 4.74 Å². The second kappa shape index (κ2) is 10.6. The number of ether oxygens (including phenoxy) is 1. The van der Waals surface area contributed by atoms with Gasteiger partial charge < -0.3 is 20.1 Å². The van der Waals surface area contributed by atoms with Gasteiger partial charge in [-0.25, -0.2) is 0 Å². The van der Waals surface area contributed by atoms with Gasteiger partial charge in [0.1, 0.15) is 0 Å². The molecule has 2 N–H and O–H groups in total. The highest BCUT2D eigenvalue weighted by Gasteiger charge is 2.25. The molecule has 0 saturated carbocycles. The summed E-state index contributed by atoms with van der Waals surface area (Å²) in [6.07, 6.45) is 3.17. The molecule has 4 nitrogen and oxygen atoms in total. The van der Waals surface area contributed by atoms with E-state index in [9.17, 15) is 5.11 Å². The van der Waals surface area contributed by atoms with Gasteiger partial charge in [0.25, 0.3) is 0 Å². The normalized spacial score (nSPS) is 16.6. The van der Waals surface area contributed by atoms with Crippen LogP contribution in [0.3, 0.4) is 0 Å². The molecule has 2 atom stereocenters. The van der Waals surface area contributed by atoms with E-state index in [0.717, 1.165) is 19.6 Å². The summed E-state index contributed by atoms with van der Waals surface area (Å²) in [6.45, 7) is 10.9. The molecule has 4 heteroatoms. The van der Waals surface area contributed by atoms with Gasteiger partial charge in [0.15, 0.2) is 0 Å². The van der Waals surface area contributed by atoms with Gasteiger partial charge in [-0.15, -0.1) is 0 Å². The molecule has 2 unspecified atom stereocenters. The molecule has 0 heterocycles. The van der Waals surface area contributed by atoms with Gasteiger partial charge in [-0.05, 0) is 31.8 Å². The molecule has 0 aromatic carbocycles. The highest BCUT2D eigenvalue weighted by Crippen LogP contribution is 2.23. The topological polar surface area (TPSA) is 44.7 Å². The minimum absolute atomic E-state index is 0.269. The van der Waals surface area contributed by atoms with Crippen molar-refractivity contribution >= 4 is 0 Å². The lowest BCUT2D eigenvalue weighted by Gasteiger charge is -2.35. The van der Waals surface area contributed by atoms with E-state index in [1.54, 1.807) is 7.11 Å². The van der Waals surface area contributed by atoms with Gasteiger partial charge >= 0.3 is 0 Å². The Hall–Kier alpha value is -0.160. The van der Waals surface area contributed by atoms with Crippen molar-refractivity contribution in [2.75, 3.05) is 46.9 Å². The summed E-state index contributed by atoms with van der Waals surface area (Å²) < 4.78 is 4.97. The first-order valence-corrected chi connectivity index (χ1v) is 7.53. The van der Waals surface area contributed by atoms with Crippen molar-refractivity contribution in [1.29, 1.82) is 0 Å². The van der Waals surface area contributed by atoms with E-state index >= 15 is 0 Å². The smallest absolute Gasteiger partial charge is 0.0899 e. The van der Waals surface area contributed by atoms with Crippen LogP contribution < -0.4 is 5.32 Å². The molecule has 0 saturated heterocycles. The Morgan fingerprint density at radius 1 is 1.32 bits per heavy atom. The molecular weight excluding hydrogens is 240 g/mol. The summed E-state index contributed by atoms with van der Waals surface area (Å²) in [7, 11) is 3.70. The van der Waals surface area contributed by atoms with Crippen molar-refractivity contribution in [1.82, 2.24) is 10.2 Å². The van der Waals surface area contributed by atoms with Crippen molar-refractivity contribution in [2.45, 2.75) is 46.1 Å². The number of nitrogens with zero attached hydrogens (tertiary/aromatic N) is 1. The van der Waals surface area contributed by atoms with Crippen LogP contribution in [0.2, 0.25) is 0 Å². The number of hydrogen-bond acceptors (Lipinski definition) is 4. The Kier molecular flexibility index (Phi) is 10.5. The van der Waals surface area contributed by atoms with E-state index in [4.69, 9.17) is 4.74 Å². The van der Waals surface area contributed by atoms with Gasteiger partial charge in [-0.3, -0.25) is 0 Å². The first-order valence-electron chi connectivity index (χ1n) is 7.53. The number of aliphatic hydroxyl groups is 1. The predicted octanol–water partition coefficient (Wildman–Crippen LogP) is 1.73. The molecular formula is C15H34N2O2. The van der Waals surface area contributed by atoms with E-state index < -0.39 is 6.10 Å². The second-order valence-corrected chi connectivity index (χ2v) is 6.04. The Morgan fingerprint density at radius 2 is 2.00 bits per heavy atom. The van der Waals surface area contributed by atoms with Gasteiger partial charge in [-0.2, -0.15) is 0 Å². The summed E-state index contributed by atoms with van der Waals surface area (Å²) in [5.41, 5.74) is 0.269. The highest BCUT2D eigenvalue weighted by atomic mass is 16.5. The van der Waals surface area contributed by atoms with Crippen LogP contribution in [0.4, 0.5) is 0 Å². The zero-order chi connectivity index (χ0) is 14.7. The van der Waals surface area contributed by atoms with Crippen LogP contribution in [0.15, 0.2) is 0 Å². The molecule has 0 aliphatic heterocycles. The van der Waals surface area contributed by atoms with E-state index in [1.165, 1.54) is 19.3 Å². The van der Waals surface area contributed by atoms with Crippen molar-refractivity contribution in [3.05, 3.63) is 0 Å². The number of likely N-dealkylation sites (N-methyl/N-ethyl adjacent to an activating group) is 1. The average Bonchev–Trinajstić information content (AvgIpc) is 2.29. The number of aliphatic hydroxyl groups excluding tert-OH is 1. The summed E-state index contributed by atoms with van der Waals surface area (Å²) in [5.74, 6) is 0. The van der Waals surface area contributed by atoms with Crippen LogP contribution in [0.1, 0.15) is 40.0 Å². The second-order valence-electron chi connectivity index (χ2n) is 6.04. The number of rotatable bonds is 12. The molecule has 19 heavy (non-hydrogen) atoms. The first-order chi connectivity index (χ1) is 8.97. The van der Waals surface area contributed by atoms with Gasteiger partial charge in [0.2, 0.25) is 0 Å². The van der Waals surface area contributed by atoms with Crippen LogP contribution in [-0.4, -0.2) is 63.1 Å². The third-order valence-corrected chi connectivity index (χ3v) is 3.37. The quantitative estimate of drug-likeness (QED) is 0.532. The molecule has 0 rings (SSSR count). The van der Waals surface area contributed by atoms with Crippen LogP contribution >= 0.6 is 0 Å². The largest absolute Gasteiger partial charge is 0.389 e. The predicted molar refractivity (Wildman–Crippen MR) is 81.6 cm³/mol. The molecule has 116 valence electrons. The van der Waals surface area contributed by atoms with Crippen LogP contribution in [0.25, 0.3) is 0 Å². The third-order valence-electron chi connectivity index (χ3n) is 3.37. The Bertz CT molecular complexity index is 214. The van der Waals surface area contributed by atoms with E-state index in [1.807, 2.05) is 0 Å². The summed E-state index contributed by atoms with van der Waals surface area (Å²) >= 11 is 0. The fraction of sp³-hybridized carbons (Fsp3) is 1.00. The van der Waals surface area contributed by atoms with E-state index in [-0.39, 0.29) is 5.41 Å². The summed E-state index contributed by atoms with van der Waals surface area (Å²) in [5, 5.41) is 13.3. The van der Waals surface area contributed by atoms with Crippen molar-refractivity contribution in [3.63, 3.8) is 0 Å². The lowest BCUT2D eigenvalue weighted by atomic mass is 9.84. The molecule has 0 spiro atoms. The number of hydrogen-bond donors (Lipinski definition) is 2. The monoisotopic (exact) mass is 274 g/mol. The van der Waals surface area contributed by atoms with Crippen molar-refractivity contribution in [2.24, 2.45) is 5.41 Å². The minimum atomic E-state index is -0.399. The van der Waals surface area contributed by atoms with Gasteiger partial charge in [0.05, 0.1) is 12.7 Å². The number of methoxy groups -OCH3 is 1. The highest BCUT2D eigenvalue weighted by molar-refractivity contribution is 4.80. The lowest BCUT2D eigenvalue weighted by Crippen LogP contribution is -2.43. The molecule has 0 radical (unpaired) electrons. The zero-order valence-electron chi connectivity index (χ0n) is 13.5. The van der Waals surface area contributed by atoms with E-state index in [0.29, 0.717) is 13.2 Å². The van der Waals surface area contributed by atoms with Gasteiger partial charge in [0, 0.05) is 26.7 Å². The van der Waals surface area contributed by atoms with E-state index in [2.05, 4.69) is 38.0 Å². The first kappa shape index (κ1) is 18.8. The fourth-order valence-corrected chi connectivity index (χ4v) is 2.71. The fourth-order valence-electron chi connectivity index (χ4n) is 2.71. The zero-order valence-corrected chi connectivity index (χ0v) is 13.5. The maximum Gasteiger partial charge on any atom is 0.0899 e. The lowest BCUT2D eigenvalue weighted by molar-refractivity contribution is 0.0338. The molecule has 0 bridgehead atoms. The molecule has 0 amide bonds. The maximum absolute atomic E-state index is 9.78. The third kappa shape index (κ3) is 9.38. The van der Waals surface area contributed by atoms with Gasteiger partial charge in [-0.1, -0.05) is 27.2 Å². The molecule has 0 aliphatic carbocycles. The average molecular weight is 274 g/mol. The van der Waals surface area contributed by atoms with Crippen molar-refractivity contribution < 1.29 is 9.84 Å². The molecule has 0 fully saturated rings. The minimum Gasteiger partial charge on any atom is -0.389 e.